The van der Waals surface area contributed by atoms with Crippen LogP contribution in [-0.4, -0.2) is 26.3 Å². The van der Waals surface area contributed by atoms with E-state index in [9.17, 15) is 4.79 Å². The molecule has 0 unspecified atom stereocenters. The Morgan fingerprint density at radius 3 is 2.55 bits per heavy atom. The Balaban J connectivity index is 2.60. The minimum atomic E-state index is -0.332. The monoisotopic (exact) mass is 308 g/mol. The molecule has 0 fully saturated rings. The van der Waals surface area contributed by atoms with Crippen molar-refractivity contribution in [1.29, 1.82) is 0 Å². The number of esters is 1. The van der Waals surface area contributed by atoms with E-state index < -0.39 is 0 Å². The van der Waals surface area contributed by atoms with Gasteiger partial charge in [-0.3, -0.25) is 0 Å². The lowest BCUT2D eigenvalue weighted by Gasteiger charge is -2.12. The maximum absolute atomic E-state index is 11.9. The molecule has 0 saturated carbocycles. The van der Waals surface area contributed by atoms with Crippen LogP contribution in [0.3, 0.4) is 0 Å². The van der Waals surface area contributed by atoms with Crippen molar-refractivity contribution in [2.24, 2.45) is 5.92 Å². The minimum Gasteiger partial charge on any atom is -0.493 e. The molecule has 0 amide bonds. The second-order valence-corrected chi connectivity index (χ2v) is 5.77. The van der Waals surface area contributed by atoms with Gasteiger partial charge in [-0.05, 0) is 30.5 Å². The first-order valence-corrected chi connectivity index (χ1v) is 8.06. The first-order chi connectivity index (χ1) is 10.6. The molecule has 22 heavy (non-hydrogen) atoms. The lowest BCUT2D eigenvalue weighted by molar-refractivity contribution is 0.0458. The number of carbonyl (C=O) groups is 1. The molecule has 0 spiro atoms. The lowest BCUT2D eigenvalue weighted by Crippen LogP contribution is -2.10. The summed E-state index contributed by atoms with van der Waals surface area (Å²) in [6, 6.07) is 5.15. The number of unbranched alkanes of at least 4 members (excludes halogenated alkanes) is 3. The van der Waals surface area contributed by atoms with Crippen molar-refractivity contribution >= 4 is 5.97 Å². The van der Waals surface area contributed by atoms with E-state index in [-0.39, 0.29) is 5.97 Å². The normalized spacial score (nSPS) is 10.6. The van der Waals surface area contributed by atoms with Crippen molar-refractivity contribution in [3.63, 3.8) is 0 Å². The smallest absolute Gasteiger partial charge is 0.338 e. The molecule has 0 bridgehead atoms. The van der Waals surface area contributed by atoms with Crippen LogP contribution in [0.1, 0.15) is 56.8 Å². The average Bonchev–Trinajstić information content (AvgIpc) is 2.52. The Morgan fingerprint density at radius 2 is 1.91 bits per heavy atom. The number of benzene rings is 1. The molecule has 1 rings (SSSR count). The molecule has 0 aliphatic carbocycles. The van der Waals surface area contributed by atoms with E-state index in [1.165, 1.54) is 19.3 Å². The average molecular weight is 308 g/mol. The van der Waals surface area contributed by atoms with E-state index in [1.54, 1.807) is 25.3 Å². The molecule has 124 valence electrons. The highest BCUT2D eigenvalue weighted by Gasteiger charge is 2.12. The van der Waals surface area contributed by atoms with Gasteiger partial charge in [0, 0.05) is 0 Å². The summed E-state index contributed by atoms with van der Waals surface area (Å²) >= 11 is 0. The number of rotatable bonds is 10. The maximum atomic E-state index is 11.9. The van der Waals surface area contributed by atoms with E-state index in [2.05, 4.69) is 6.92 Å². The fourth-order valence-corrected chi connectivity index (χ4v) is 1.95. The van der Waals surface area contributed by atoms with Gasteiger partial charge in [-0.2, -0.15) is 0 Å². The predicted molar refractivity (Wildman–Crippen MR) is 87.8 cm³/mol. The first-order valence-electron chi connectivity index (χ1n) is 8.06. The number of methoxy groups -OCH3 is 1. The van der Waals surface area contributed by atoms with E-state index in [0.29, 0.717) is 36.2 Å². The molecule has 0 aliphatic heterocycles. The van der Waals surface area contributed by atoms with E-state index in [0.717, 1.165) is 6.42 Å². The Bertz CT molecular complexity index is 454. The van der Waals surface area contributed by atoms with Crippen molar-refractivity contribution in [2.45, 2.75) is 46.5 Å². The zero-order chi connectivity index (χ0) is 16.4. The number of hydrogen-bond acceptors (Lipinski definition) is 4. The number of ether oxygens (including phenoxy) is 3. The van der Waals surface area contributed by atoms with Gasteiger partial charge in [0.2, 0.25) is 0 Å². The van der Waals surface area contributed by atoms with Gasteiger partial charge in [-0.15, -0.1) is 0 Å². The van der Waals surface area contributed by atoms with Crippen LogP contribution in [0, 0.1) is 5.92 Å². The van der Waals surface area contributed by atoms with E-state index >= 15 is 0 Å². The van der Waals surface area contributed by atoms with Gasteiger partial charge in [-0.1, -0.05) is 40.0 Å². The quantitative estimate of drug-likeness (QED) is 0.472. The SMILES string of the molecule is CCCCCCOc1ccc(C(=O)OCC(C)C)cc1OC. The molecule has 0 atom stereocenters. The van der Waals surface area contributed by atoms with Gasteiger partial charge < -0.3 is 14.2 Å². The second-order valence-electron chi connectivity index (χ2n) is 5.77. The summed E-state index contributed by atoms with van der Waals surface area (Å²) in [4.78, 5) is 11.9. The molecule has 0 aromatic heterocycles. The predicted octanol–water partition coefficient (Wildman–Crippen LogP) is 4.47. The van der Waals surface area contributed by atoms with Gasteiger partial charge in [0.15, 0.2) is 11.5 Å². The van der Waals surface area contributed by atoms with Crippen LogP contribution in [0.15, 0.2) is 18.2 Å². The molecular weight excluding hydrogens is 280 g/mol. The van der Waals surface area contributed by atoms with E-state index in [4.69, 9.17) is 14.2 Å². The van der Waals surface area contributed by atoms with Gasteiger partial charge in [0.05, 0.1) is 25.9 Å². The Kier molecular flexibility index (Phi) is 8.41. The second kappa shape index (κ2) is 10.1. The fourth-order valence-electron chi connectivity index (χ4n) is 1.95. The summed E-state index contributed by atoms with van der Waals surface area (Å²) in [6.07, 6.45) is 4.62. The molecule has 0 saturated heterocycles. The summed E-state index contributed by atoms with van der Waals surface area (Å²) in [6.45, 7) is 7.26. The Labute approximate surface area is 133 Å². The van der Waals surface area contributed by atoms with Crippen LogP contribution in [0.4, 0.5) is 0 Å². The van der Waals surface area contributed by atoms with Crippen molar-refractivity contribution in [3.05, 3.63) is 23.8 Å². The van der Waals surface area contributed by atoms with Gasteiger partial charge in [0.1, 0.15) is 0 Å². The highest BCUT2D eigenvalue weighted by Crippen LogP contribution is 2.28. The summed E-state index contributed by atoms with van der Waals surface area (Å²) in [5.41, 5.74) is 0.482. The Morgan fingerprint density at radius 1 is 1.14 bits per heavy atom. The molecule has 4 heteroatoms. The van der Waals surface area contributed by atoms with Crippen LogP contribution in [-0.2, 0) is 4.74 Å². The van der Waals surface area contributed by atoms with Gasteiger partial charge in [0.25, 0.3) is 0 Å². The maximum Gasteiger partial charge on any atom is 0.338 e. The van der Waals surface area contributed by atoms with Crippen molar-refractivity contribution in [3.8, 4) is 11.5 Å². The van der Waals surface area contributed by atoms with Gasteiger partial charge >= 0.3 is 5.97 Å². The molecule has 0 N–H and O–H groups in total. The molecule has 0 aliphatic rings. The molecule has 4 nitrogen and oxygen atoms in total. The van der Waals surface area contributed by atoms with Crippen molar-refractivity contribution in [1.82, 2.24) is 0 Å². The van der Waals surface area contributed by atoms with Crippen LogP contribution in [0.5, 0.6) is 11.5 Å². The topological polar surface area (TPSA) is 44.8 Å². The zero-order valence-electron chi connectivity index (χ0n) is 14.2. The highest BCUT2D eigenvalue weighted by molar-refractivity contribution is 5.90. The molecule has 1 aromatic carbocycles. The Hall–Kier alpha value is -1.71. The largest absolute Gasteiger partial charge is 0.493 e. The van der Waals surface area contributed by atoms with Gasteiger partial charge in [-0.25, -0.2) is 4.79 Å². The number of hydrogen-bond donors (Lipinski definition) is 0. The first kappa shape index (κ1) is 18.3. The third-order valence-corrected chi connectivity index (χ3v) is 3.20. The highest BCUT2D eigenvalue weighted by atomic mass is 16.5. The molecular formula is C18H28O4. The molecule has 0 radical (unpaired) electrons. The lowest BCUT2D eigenvalue weighted by atomic mass is 10.2. The minimum absolute atomic E-state index is 0.316. The fraction of sp³-hybridized carbons (Fsp3) is 0.611. The summed E-state index contributed by atoms with van der Waals surface area (Å²) in [7, 11) is 1.57. The number of carbonyl (C=O) groups excluding carboxylic acids is 1. The van der Waals surface area contributed by atoms with Crippen LogP contribution in [0.25, 0.3) is 0 Å². The third kappa shape index (κ3) is 6.37. The molecule has 1 aromatic rings. The van der Waals surface area contributed by atoms with Crippen LogP contribution in [0.2, 0.25) is 0 Å². The van der Waals surface area contributed by atoms with E-state index in [1.807, 2.05) is 13.8 Å². The molecule has 0 heterocycles. The van der Waals surface area contributed by atoms with Crippen LogP contribution < -0.4 is 9.47 Å². The zero-order valence-corrected chi connectivity index (χ0v) is 14.2. The third-order valence-electron chi connectivity index (χ3n) is 3.20. The summed E-state index contributed by atoms with van der Waals surface area (Å²) < 4.78 is 16.3. The summed E-state index contributed by atoms with van der Waals surface area (Å²) in [5, 5.41) is 0. The summed E-state index contributed by atoms with van der Waals surface area (Å²) in [5.74, 6) is 1.21. The van der Waals surface area contributed by atoms with Crippen LogP contribution >= 0.6 is 0 Å². The van der Waals surface area contributed by atoms with Crippen molar-refractivity contribution < 1.29 is 19.0 Å². The standard InChI is InChI=1S/C18H28O4/c1-5-6-7-8-11-21-16-10-9-15(12-17(16)20-4)18(19)22-13-14(2)3/h9-10,12,14H,5-8,11,13H2,1-4H3. The van der Waals surface area contributed by atoms with Crippen molar-refractivity contribution in [2.75, 3.05) is 20.3 Å².